The zero-order valence-corrected chi connectivity index (χ0v) is 21.1. The zero-order chi connectivity index (χ0) is 24.6. The SMILES string of the molecule is CC1CCCC(C)N1C(=O)COc1ccc(C(=O)NC2CCN(CCc3ccccc3)CC2)cc1. The van der Waals surface area contributed by atoms with E-state index in [0.717, 1.165) is 51.7 Å². The predicted molar refractivity (Wildman–Crippen MR) is 139 cm³/mol. The van der Waals surface area contributed by atoms with Crippen molar-refractivity contribution >= 4 is 11.8 Å². The molecule has 2 saturated heterocycles. The first-order valence-corrected chi connectivity index (χ1v) is 13.1. The number of rotatable bonds is 8. The summed E-state index contributed by atoms with van der Waals surface area (Å²) in [6.45, 7) is 7.32. The lowest BCUT2D eigenvalue weighted by molar-refractivity contribution is -0.139. The van der Waals surface area contributed by atoms with Crippen LogP contribution in [0.25, 0.3) is 0 Å². The second-order valence-electron chi connectivity index (χ2n) is 10.1. The van der Waals surface area contributed by atoms with Gasteiger partial charge in [-0.05, 0) is 82.2 Å². The van der Waals surface area contributed by atoms with Gasteiger partial charge in [0.25, 0.3) is 11.8 Å². The Hall–Kier alpha value is -2.86. The van der Waals surface area contributed by atoms with Crippen molar-refractivity contribution in [2.24, 2.45) is 0 Å². The fourth-order valence-corrected chi connectivity index (χ4v) is 5.34. The van der Waals surface area contributed by atoms with Crippen LogP contribution in [0.3, 0.4) is 0 Å². The van der Waals surface area contributed by atoms with Crippen LogP contribution in [0.1, 0.15) is 61.9 Å². The van der Waals surface area contributed by atoms with E-state index < -0.39 is 0 Å². The number of hydrogen-bond acceptors (Lipinski definition) is 4. The molecular formula is C29H39N3O3. The highest BCUT2D eigenvalue weighted by Crippen LogP contribution is 2.23. The molecule has 0 aromatic heterocycles. The second kappa shape index (κ2) is 12.2. The number of likely N-dealkylation sites (tertiary alicyclic amines) is 2. The van der Waals surface area contributed by atoms with Crippen molar-refractivity contribution in [3.63, 3.8) is 0 Å². The molecule has 2 aliphatic rings. The summed E-state index contributed by atoms with van der Waals surface area (Å²) in [6.07, 6.45) is 6.27. The Morgan fingerprint density at radius 2 is 1.57 bits per heavy atom. The van der Waals surface area contributed by atoms with Crippen molar-refractivity contribution in [2.75, 3.05) is 26.2 Å². The fourth-order valence-electron chi connectivity index (χ4n) is 5.34. The fraction of sp³-hybridized carbons (Fsp3) is 0.517. The van der Waals surface area contributed by atoms with Gasteiger partial charge < -0.3 is 19.9 Å². The molecule has 2 aromatic carbocycles. The number of ether oxygens (including phenoxy) is 1. The van der Waals surface area contributed by atoms with Crippen LogP contribution >= 0.6 is 0 Å². The van der Waals surface area contributed by atoms with Crippen LogP contribution in [0.4, 0.5) is 0 Å². The Kier molecular flexibility index (Phi) is 8.80. The summed E-state index contributed by atoms with van der Waals surface area (Å²) < 4.78 is 5.74. The number of benzene rings is 2. The van der Waals surface area contributed by atoms with Gasteiger partial charge in [0.15, 0.2) is 6.61 Å². The van der Waals surface area contributed by atoms with E-state index in [1.165, 1.54) is 12.0 Å². The largest absolute Gasteiger partial charge is 0.484 e. The average Bonchev–Trinajstić information content (AvgIpc) is 2.88. The molecule has 188 valence electrons. The first-order chi connectivity index (χ1) is 17.0. The molecule has 0 bridgehead atoms. The molecule has 6 heteroatoms. The van der Waals surface area contributed by atoms with Gasteiger partial charge in [0.1, 0.15) is 5.75 Å². The smallest absolute Gasteiger partial charge is 0.260 e. The Labute approximate surface area is 209 Å². The Balaban J connectivity index is 1.18. The van der Waals surface area contributed by atoms with Crippen LogP contribution in [0.15, 0.2) is 54.6 Å². The lowest BCUT2D eigenvalue weighted by Crippen LogP contribution is -2.49. The van der Waals surface area contributed by atoms with Crippen LogP contribution < -0.4 is 10.1 Å². The third-order valence-electron chi connectivity index (χ3n) is 7.44. The highest BCUT2D eigenvalue weighted by atomic mass is 16.5. The highest BCUT2D eigenvalue weighted by Gasteiger charge is 2.29. The highest BCUT2D eigenvalue weighted by molar-refractivity contribution is 5.94. The molecule has 6 nitrogen and oxygen atoms in total. The maximum atomic E-state index is 12.7. The quantitative estimate of drug-likeness (QED) is 0.616. The summed E-state index contributed by atoms with van der Waals surface area (Å²) in [5.74, 6) is 0.590. The lowest BCUT2D eigenvalue weighted by Gasteiger charge is -2.38. The predicted octanol–water partition coefficient (Wildman–Crippen LogP) is 4.29. The molecule has 2 atom stereocenters. The number of amides is 2. The van der Waals surface area contributed by atoms with E-state index in [0.29, 0.717) is 11.3 Å². The van der Waals surface area contributed by atoms with E-state index >= 15 is 0 Å². The first-order valence-electron chi connectivity index (χ1n) is 13.1. The van der Waals surface area contributed by atoms with Gasteiger partial charge in [-0.1, -0.05) is 30.3 Å². The lowest BCUT2D eigenvalue weighted by atomic mass is 9.97. The molecule has 35 heavy (non-hydrogen) atoms. The van der Waals surface area contributed by atoms with Crippen molar-refractivity contribution in [1.29, 1.82) is 0 Å². The number of carbonyl (C=O) groups excluding carboxylic acids is 2. The van der Waals surface area contributed by atoms with E-state index in [2.05, 4.69) is 54.4 Å². The molecule has 2 unspecified atom stereocenters. The summed E-state index contributed by atoms with van der Waals surface area (Å²) in [6, 6.07) is 18.4. The van der Waals surface area contributed by atoms with Gasteiger partial charge in [0.05, 0.1) is 0 Å². The van der Waals surface area contributed by atoms with E-state index in [1.807, 2.05) is 4.90 Å². The second-order valence-corrected chi connectivity index (χ2v) is 10.1. The monoisotopic (exact) mass is 477 g/mol. The normalized spacial score (nSPS) is 21.5. The minimum atomic E-state index is -0.0497. The van der Waals surface area contributed by atoms with Crippen molar-refractivity contribution in [1.82, 2.24) is 15.1 Å². The third-order valence-corrected chi connectivity index (χ3v) is 7.44. The van der Waals surface area contributed by atoms with Gasteiger partial charge >= 0.3 is 0 Å². The molecule has 1 N–H and O–H groups in total. The standard InChI is InChI=1S/C29H39N3O3/c1-22-7-6-8-23(2)32(22)28(33)21-35-27-13-11-25(12-14-27)29(34)30-26-16-19-31(20-17-26)18-15-24-9-4-3-5-10-24/h3-5,9-14,22-23,26H,6-8,15-21H2,1-2H3,(H,30,34). The van der Waals surface area contributed by atoms with Crippen LogP contribution in [0, 0.1) is 0 Å². The molecule has 2 amide bonds. The summed E-state index contributed by atoms with van der Waals surface area (Å²) in [5.41, 5.74) is 1.99. The minimum absolute atomic E-state index is 0.0293. The molecule has 2 aliphatic heterocycles. The van der Waals surface area contributed by atoms with Gasteiger partial charge in [-0.15, -0.1) is 0 Å². The zero-order valence-electron chi connectivity index (χ0n) is 21.1. The number of carbonyl (C=O) groups is 2. The molecule has 4 rings (SSSR count). The van der Waals surface area contributed by atoms with Gasteiger partial charge in [-0.2, -0.15) is 0 Å². The van der Waals surface area contributed by atoms with Gasteiger partial charge in [-0.25, -0.2) is 0 Å². The van der Waals surface area contributed by atoms with E-state index in [1.54, 1.807) is 24.3 Å². The van der Waals surface area contributed by atoms with Crippen LogP contribution in [0.2, 0.25) is 0 Å². The van der Waals surface area contributed by atoms with Crippen molar-refractivity contribution in [2.45, 2.75) is 70.5 Å². The molecule has 2 aromatic rings. The topological polar surface area (TPSA) is 61.9 Å². The van der Waals surface area contributed by atoms with E-state index in [4.69, 9.17) is 4.74 Å². The van der Waals surface area contributed by atoms with Gasteiger partial charge in [0, 0.05) is 43.3 Å². The van der Waals surface area contributed by atoms with Crippen molar-refractivity contribution in [3.05, 3.63) is 65.7 Å². The van der Waals surface area contributed by atoms with E-state index in [9.17, 15) is 9.59 Å². The Morgan fingerprint density at radius 3 is 2.23 bits per heavy atom. The molecule has 0 aliphatic carbocycles. The maximum absolute atomic E-state index is 12.7. The molecular weight excluding hydrogens is 438 g/mol. The molecule has 0 spiro atoms. The molecule has 0 saturated carbocycles. The summed E-state index contributed by atoms with van der Waals surface area (Å²) in [5, 5.41) is 3.18. The maximum Gasteiger partial charge on any atom is 0.260 e. The van der Waals surface area contributed by atoms with Crippen molar-refractivity contribution in [3.8, 4) is 5.75 Å². The van der Waals surface area contributed by atoms with Gasteiger partial charge in [-0.3, -0.25) is 9.59 Å². The van der Waals surface area contributed by atoms with E-state index in [-0.39, 0.29) is 36.5 Å². The number of piperidine rings is 2. The number of nitrogens with one attached hydrogen (secondary N) is 1. The van der Waals surface area contributed by atoms with Gasteiger partial charge in [0.2, 0.25) is 0 Å². The van der Waals surface area contributed by atoms with Crippen molar-refractivity contribution < 1.29 is 14.3 Å². The Bertz CT molecular complexity index is 945. The number of nitrogens with zero attached hydrogens (tertiary/aromatic N) is 2. The molecule has 0 radical (unpaired) electrons. The summed E-state index contributed by atoms with van der Waals surface area (Å²) >= 11 is 0. The molecule has 2 heterocycles. The van der Waals surface area contributed by atoms with Crippen LogP contribution in [-0.4, -0.2) is 66.0 Å². The third kappa shape index (κ3) is 7.07. The summed E-state index contributed by atoms with van der Waals surface area (Å²) in [7, 11) is 0. The molecule has 2 fully saturated rings. The minimum Gasteiger partial charge on any atom is -0.484 e. The van der Waals surface area contributed by atoms with Crippen LogP contribution in [0.5, 0.6) is 5.75 Å². The number of hydrogen-bond donors (Lipinski definition) is 1. The average molecular weight is 478 g/mol. The first kappa shape index (κ1) is 25.2. The van der Waals surface area contributed by atoms with Crippen LogP contribution in [-0.2, 0) is 11.2 Å². The summed E-state index contributed by atoms with van der Waals surface area (Å²) in [4.78, 5) is 29.8. The Morgan fingerprint density at radius 1 is 0.914 bits per heavy atom.